The topological polar surface area (TPSA) is 92.8 Å². The molecule has 0 unspecified atom stereocenters. The van der Waals surface area contributed by atoms with E-state index in [-0.39, 0.29) is 16.2 Å². The first-order valence-electron chi connectivity index (χ1n) is 9.27. The molecule has 0 radical (unpaired) electrons. The molecule has 3 rings (SSSR count). The normalized spacial score (nSPS) is 26.4. The van der Waals surface area contributed by atoms with Crippen LogP contribution in [0.5, 0.6) is 0 Å². The zero-order valence-corrected chi connectivity index (χ0v) is 17.7. The lowest BCUT2D eigenvalue weighted by Crippen LogP contribution is -2.57. The van der Waals surface area contributed by atoms with E-state index in [4.69, 9.17) is 4.74 Å². The number of hydrogen-bond acceptors (Lipinski definition) is 7. The molecular formula is C18H27FN2O5S2. The summed E-state index contributed by atoms with van der Waals surface area (Å²) in [6.07, 6.45) is 0. The maximum absolute atomic E-state index is 13.2. The maximum Gasteiger partial charge on any atom is 0.183 e. The predicted molar refractivity (Wildman–Crippen MR) is 104 cm³/mol. The summed E-state index contributed by atoms with van der Waals surface area (Å²) < 4.78 is 69.0. The predicted octanol–water partition coefficient (Wildman–Crippen LogP) is 0.465. The van der Waals surface area contributed by atoms with Gasteiger partial charge in [0.2, 0.25) is 0 Å². The molecule has 2 saturated heterocycles. The molecule has 2 atom stereocenters. The smallest absolute Gasteiger partial charge is 0.183 e. The Labute approximate surface area is 166 Å². The van der Waals surface area contributed by atoms with Crippen LogP contribution in [0.25, 0.3) is 0 Å². The van der Waals surface area contributed by atoms with Gasteiger partial charge in [0, 0.05) is 31.2 Å². The lowest BCUT2D eigenvalue weighted by Gasteiger charge is -2.41. The number of nitrogens with one attached hydrogen (secondary N) is 1. The minimum Gasteiger partial charge on any atom is -0.379 e. The molecule has 2 heterocycles. The third-order valence-corrected chi connectivity index (χ3v) is 9.67. The van der Waals surface area contributed by atoms with Crippen LogP contribution in [0.1, 0.15) is 13.8 Å². The second-order valence-corrected chi connectivity index (χ2v) is 12.3. The highest BCUT2D eigenvalue weighted by atomic mass is 32.2. The van der Waals surface area contributed by atoms with E-state index in [0.717, 1.165) is 25.2 Å². The van der Waals surface area contributed by atoms with Crippen molar-refractivity contribution in [2.45, 2.75) is 35.6 Å². The number of ether oxygens (including phenoxy) is 1. The van der Waals surface area contributed by atoms with E-state index >= 15 is 0 Å². The summed E-state index contributed by atoms with van der Waals surface area (Å²) in [7, 11) is -7.40. The maximum atomic E-state index is 13.2. The highest BCUT2D eigenvalue weighted by molar-refractivity contribution is 7.96. The third kappa shape index (κ3) is 4.73. The van der Waals surface area contributed by atoms with Gasteiger partial charge in [-0.3, -0.25) is 4.90 Å². The Balaban J connectivity index is 1.77. The van der Waals surface area contributed by atoms with Crippen LogP contribution in [0, 0.1) is 5.82 Å². The summed E-state index contributed by atoms with van der Waals surface area (Å²) in [6, 6.07) is 3.80. The molecule has 1 aromatic rings. The number of rotatable bonds is 6. The van der Waals surface area contributed by atoms with Crippen LogP contribution in [-0.4, -0.2) is 82.9 Å². The van der Waals surface area contributed by atoms with E-state index in [1.54, 1.807) is 0 Å². The van der Waals surface area contributed by atoms with Gasteiger partial charge in [0.05, 0.1) is 34.9 Å². The molecule has 0 spiro atoms. The minimum absolute atomic E-state index is 0.0600. The van der Waals surface area contributed by atoms with E-state index < -0.39 is 42.5 Å². The van der Waals surface area contributed by atoms with Crippen molar-refractivity contribution in [2.24, 2.45) is 0 Å². The van der Waals surface area contributed by atoms with E-state index in [2.05, 4.69) is 10.2 Å². The number of nitrogens with zero attached hydrogens (tertiary/aromatic N) is 1. The molecule has 0 bridgehead atoms. The fourth-order valence-corrected chi connectivity index (χ4v) is 8.49. The Morgan fingerprint density at radius 2 is 1.79 bits per heavy atom. The van der Waals surface area contributed by atoms with Crippen LogP contribution >= 0.6 is 0 Å². The van der Waals surface area contributed by atoms with Gasteiger partial charge < -0.3 is 10.1 Å². The number of sulfone groups is 2. The molecule has 0 aromatic heterocycles. The lowest BCUT2D eigenvalue weighted by atomic mass is 10.0. The summed E-state index contributed by atoms with van der Waals surface area (Å²) in [5, 5.41) is 2.10. The van der Waals surface area contributed by atoms with Crippen molar-refractivity contribution in [3.63, 3.8) is 0 Å². The minimum atomic E-state index is -3.91. The zero-order chi connectivity index (χ0) is 20.6. The number of halogens is 1. The van der Waals surface area contributed by atoms with Crippen LogP contribution in [0.15, 0.2) is 29.2 Å². The summed E-state index contributed by atoms with van der Waals surface area (Å²) >= 11 is 0. The van der Waals surface area contributed by atoms with Crippen molar-refractivity contribution in [3.05, 3.63) is 30.1 Å². The summed E-state index contributed by atoms with van der Waals surface area (Å²) in [5.74, 6) is -1.19. The Hall–Kier alpha value is -1.07. The largest absolute Gasteiger partial charge is 0.379 e. The average molecular weight is 435 g/mol. The van der Waals surface area contributed by atoms with Gasteiger partial charge in [-0.1, -0.05) is 0 Å². The first-order valence-corrected chi connectivity index (χ1v) is 12.6. The monoisotopic (exact) mass is 434 g/mol. The molecule has 1 aromatic carbocycles. The van der Waals surface area contributed by atoms with Crippen LogP contribution < -0.4 is 5.32 Å². The van der Waals surface area contributed by atoms with Gasteiger partial charge in [-0.2, -0.15) is 0 Å². The second-order valence-electron chi connectivity index (χ2n) is 8.01. The molecule has 0 aliphatic carbocycles. The van der Waals surface area contributed by atoms with Gasteiger partial charge in [0.15, 0.2) is 19.7 Å². The summed E-state index contributed by atoms with van der Waals surface area (Å²) in [5.41, 5.74) is -0.277. The molecule has 1 N–H and O–H groups in total. The highest BCUT2D eigenvalue weighted by Gasteiger charge is 2.46. The molecule has 2 aliphatic rings. The Kier molecular flexibility index (Phi) is 6.17. The van der Waals surface area contributed by atoms with Crippen molar-refractivity contribution in [1.82, 2.24) is 10.2 Å². The highest BCUT2D eigenvalue weighted by Crippen LogP contribution is 2.27. The third-order valence-electron chi connectivity index (χ3n) is 5.51. The van der Waals surface area contributed by atoms with Crippen LogP contribution in [0.4, 0.5) is 4.39 Å². The van der Waals surface area contributed by atoms with Crippen LogP contribution in [-0.2, 0) is 24.4 Å². The van der Waals surface area contributed by atoms with Crippen LogP contribution in [0.2, 0.25) is 0 Å². The van der Waals surface area contributed by atoms with Gasteiger partial charge in [0.1, 0.15) is 5.82 Å². The first-order chi connectivity index (χ1) is 13.0. The Bertz CT molecular complexity index is 894. The molecule has 158 valence electrons. The van der Waals surface area contributed by atoms with E-state index in [9.17, 15) is 21.2 Å². The average Bonchev–Trinajstić information content (AvgIpc) is 2.97. The first kappa shape index (κ1) is 21.6. The molecule has 10 heteroatoms. The molecule has 2 fully saturated rings. The van der Waals surface area contributed by atoms with Gasteiger partial charge in [-0.25, -0.2) is 21.2 Å². The van der Waals surface area contributed by atoms with Gasteiger partial charge >= 0.3 is 0 Å². The van der Waals surface area contributed by atoms with Crippen molar-refractivity contribution in [1.29, 1.82) is 0 Å². The Morgan fingerprint density at radius 1 is 1.18 bits per heavy atom. The number of morpholine rings is 1. The Morgan fingerprint density at radius 3 is 2.39 bits per heavy atom. The van der Waals surface area contributed by atoms with Crippen molar-refractivity contribution < 1.29 is 26.0 Å². The van der Waals surface area contributed by atoms with E-state index in [0.29, 0.717) is 19.8 Å². The number of hydrogen-bond donors (Lipinski definition) is 1. The van der Waals surface area contributed by atoms with E-state index in [1.165, 1.54) is 12.1 Å². The van der Waals surface area contributed by atoms with Gasteiger partial charge in [-0.05, 0) is 38.1 Å². The van der Waals surface area contributed by atoms with Crippen molar-refractivity contribution >= 4 is 19.7 Å². The van der Waals surface area contributed by atoms with Crippen molar-refractivity contribution in [2.75, 3.05) is 44.4 Å². The summed E-state index contributed by atoms with van der Waals surface area (Å²) in [4.78, 5) is 2.19. The fraction of sp³-hybridized carbons (Fsp3) is 0.667. The fourth-order valence-electron chi connectivity index (χ4n) is 3.77. The van der Waals surface area contributed by atoms with E-state index in [1.807, 2.05) is 13.8 Å². The van der Waals surface area contributed by atoms with Gasteiger partial charge in [0.25, 0.3) is 0 Å². The van der Waals surface area contributed by atoms with Crippen LogP contribution in [0.3, 0.4) is 0 Å². The standard InChI is InChI=1S/C18H27FN2O5S2/c1-18(2,21-7-9-26-10-8-21)13-20-16-11-27(22,23)12-17(16)28(24,25)15-5-3-14(19)4-6-15/h3-6,16-17,20H,7-13H2,1-2H3/t16-,17-/m0/s1. The SMILES string of the molecule is CC(C)(CN[C@H]1CS(=O)(=O)C[C@@H]1S(=O)(=O)c1ccc(F)cc1)N1CCOCC1. The molecule has 28 heavy (non-hydrogen) atoms. The molecule has 2 aliphatic heterocycles. The second kappa shape index (κ2) is 7.98. The molecular weight excluding hydrogens is 407 g/mol. The van der Waals surface area contributed by atoms with Gasteiger partial charge in [-0.15, -0.1) is 0 Å². The summed E-state index contributed by atoms with van der Waals surface area (Å²) in [6.45, 7) is 7.36. The lowest BCUT2D eigenvalue weighted by molar-refractivity contribution is -0.0101. The van der Waals surface area contributed by atoms with Crippen molar-refractivity contribution in [3.8, 4) is 0 Å². The molecule has 0 saturated carbocycles. The molecule has 0 amide bonds. The zero-order valence-electron chi connectivity index (χ0n) is 16.1. The molecule has 7 nitrogen and oxygen atoms in total. The quantitative estimate of drug-likeness (QED) is 0.651. The number of benzene rings is 1.